The standard InChI is InChI=1S/C26H36ClF2N5O4S/c1-4-34-24(19-15-30-21(13-20(19)38-2)32-17-9-11-26(28,29)12-10-17)22(27)23(33-34)25(35)31-14-16-5-7-18(8-6-16)39(3,36)37/h13,15-18H,4-12,14H2,1-3H3,(H,30,32)(H,31,35)/t16-,18-. The number of aryl methyl sites for hydroxylation is 1. The van der Waals surface area contributed by atoms with E-state index in [-0.39, 0.29) is 40.8 Å². The Morgan fingerprint density at radius 2 is 1.87 bits per heavy atom. The van der Waals surface area contributed by atoms with Gasteiger partial charge in [0.05, 0.1) is 28.6 Å². The van der Waals surface area contributed by atoms with Gasteiger partial charge < -0.3 is 15.4 Å². The van der Waals surface area contributed by atoms with Crippen LogP contribution in [0.2, 0.25) is 5.02 Å². The van der Waals surface area contributed by atoms with Crippen molar-refractivity contribution in [3.8, 4) is 17.0 Å². The van der Waals surface area contributed by atoms with E-state index in [1.54, 1.807) is 16.9 Å². The molecule has 0 spiro atoms. The van der Waals surface area contributed by atoms with Crippen molar-refractivity contribution in [1.82, 2.24) is 20.1 Å². The van der Waals surface area contributed by atoms with Gasteiger partial charge in [0, 0.05) is 50.5 Å². The van der Waals surface area contributed by atoms with Crippen LogP contribution in [0.5, 0.6) is 5.75 Å². The summed E-state index contributed by atoms with van der Waals surface area (Å²) in [7, 11) is -1.53. The average molecular weight is 588 g/mol. The fourth-order valence-corrected chi connectivity index (χ4v) is 6.86. The van der Waals surface area contributed by atoms with Crippen molar-refractivity contribution in [2.45, 2.75) is 82.0 Å². The number of hydrogen-bond acceptors (Lipinski definition) is 7. The number of carbonyl (C=O) groups excluding carboxylic acids is 1. The number of carbonyl (C=O) groups is 1. The van der Waals surface area contributed by atoms with Gasteiger partial charge in [-0.15, -0.1) is 0 Å². The number of methoxy groups -OCH3 is 1. The number of ether oxygens (including phenoxy) is 1. The van der Waals surface area contributed by atoms with E-state index in [1.807, 2.05) is 6.92 Å². The highest BCUT2D eigenvalue weighted by Gasteiger charge is 2.35. The van der Waals surface area contributed by atoms with E-state index < -0.39 is 21.7 Å². The second-order valence-corrected chi connectivity index (χ2v) is 13.3. The van der Waals surface area contributed by atoms with Gasteiger partial charge in [-0.1, -0.05) is 11.6 Å². The summed E-state index contributed by atoms with van der Waals surface area (Å²) < 4.78 is 57.8. The molecule has 0 saturated heterocycles. The Labute approximate surface area is 233 Å². The maximum atomic E-state index is 13.5. The molecule has 0 aromatic carbocycles. The molecule has 39 heavy (non-hydrogen) atoms. The van der Waals surface area contributed by atoms with Crippen molar-refractivity contribution >= 4 is 33.2 Å². The molecule has 9 nitrogen and oxygen atoms in total. The largest absolute Gasteiger partial charge is 0.496 e. The number of alkyl halides is 2. The van der Waals surface area contributed by atoms with Gasteiger partial charge >= 0.3 is 0 Å². The molecule has 13 heteroatoms. The first kappa shape index (κ1) is 29.5. The van der Waals surface area contributed by atoms with E-state index in [9.17, 15) is 22.0 Å². The van der Waals surface area contributed by atoms with Gasteiger partial charge in [0.15, 0.2) is 5.69 Å². The lowest BCUT2D eigenvalue weighted by atomic mass is 9.89. The number of halogens is 3. The molecule has 2 fully saturated rings. The molecule has 0 bridgehead atoms. The minimum atomic E-state index is -3.05. The number of amides is 1. The molecule has 0 aliphatic heterocycles. The van der Waals surface area contributed by atoms with Crippen LogP contribution in [0, 0.1) is 5.92 Å². The molecule has 0 unspecified atom stereocenters. The van der Waals surface area contributed by atoms with Crippen LogP contribution in [-0.4, -0.2) is 66.2 Å². The van der Waals surface area contributed by atoms with E-state index in [2.05, 4.69) is 20.7 Å². The highest BCUT2D eigenvalue weighted by atomic mass is 35.5. The van der Waals surface area contributed by atoms with Gasteiger partial charge in [-0.05, 0) is 51.4 Å². The van der Waals surface area contributed by atoms with Crippen molar-refractivity contribution in [2.75, 3.05) is 25.2 Å². The second-order valence-electron chi connectivity index (χ2n) is 10.6. The van der Waals surface area contributed by atoms with E-state index in [4.69, 9.17) is 16.3 Å². The predicted molar refractivity (Wildman–Crippen MR) is 146 cm³/mol. The first-order valence-electron chi connectivity index (χ1n) is 13.3. The molecular formula is C26H36ClF2N5O4S. The Balaban J connectivity index is 1.46. The molecule has 2 N–H and O–H groups in total. The van der Waals surface area contributed by atoms with Crippen LogP contribution in [-0.2, 0) is 16.4 Å². The molecule has 216 valence electrons. The summed E-state index contributed by atoms with van der Waals surface area (Å²) in [6.07, 6.45) is 5.90. The maximum Gasteiger partial charge on any atom is 0.273 e. The summed E-state index contributed by atoms with van der Waals surface area (Å²) in [5.74, 6) is -1.85. The molecule has 0 radical (unpaired) electrons. The van der Waals surface area contributed by atoms with Gasteiger partial charge in [0.2, 0.25) is 5.92 Å². The number of nitrogens with one attached hydrogen (secondary N) is 2. The van der Waals surface area contributed by atoms with Crippen molar-refractivity contribution < 1.29 is 26.7 Å². The lowest BCUT2D eigenvalue weighted by molar-refractivity contribution is -0.0361. The van der Waals surface area contributed by atoms with Crippen molar-refractivity contribution in [2.24, 2.45) is 5.92 Å². The van der Waals surface area contributed by atoms with Crippen LogP contribution in [0.4, 0.5) is 14.6 Å². The monoisotopic (exact) mass is 587 g/mol. The fraction of sp³-hybridized carbons (Fsp3) is 0.654. The molecule has 2 aromatic heterocycles. The molecule has 4 rings (SSSR count). The number of aromatic nitrogens is 3. The first-order valence-corrected chi connectivity index (χ1v) is 15.7. The van der Waals surface area contributed by atoms with Crippen LogP contribution < -0.4 is 15.4 Å². The zero-order valence-electron chi connectivity index (χ0n) is 22.5. The van der Waals surface area contributed by atoms with Crippen LogP contribution >= 0.6 is 11.6 Å². The van der Waals surface area contributed by atoms with Crippen LogP contribution in [0.15, 0.2) is 12.3 Å². The van der Waals surface area contributed by atoms with E-state index in [0.717, 1.165) is 12.8 Å². The highest BCUT2D eigenvalue weighted by molar-refractivity contribution is 7.91. The summed E-state index contributed by atoms with van der Waals surface area (Å²) in [5.41, 5.74) is 1.13. The third kappa shape index (κ3) is 7.00. The quantitative estimate of drug-likeness (QED) is 0.426. The minimum Gasteiger partial charge on any atom is -0.496 e. The maximum absolute atomic E-state index is 13.5. The normalized spacial score (nSPS) is 21.9. The Morgan fingerprint density at radius 3 is 2.46 bits per heavy atom. The van der Waals surface area contributed by atoms with E-state index >= 15 is 0 Å². The van der Waals surface area contributed by atoms with E-state index in [1.165, 1.54) is 13.4 Å². The molecule has 2 aliphatic rings. The SMILES string of the molecule is CCn1nc(C(=O)NC[C@H]2CC[C@H](S(C)(=O)=O)CC2)c(Cl)c1-c1cnc(NC2CCC(F)(F)CC2)cc1OC. The summed E-state index contributed by atoms with van der Waals surface area (Å²) >= 11 is 6.70. The molecule has 2 heterocycles. The zero-order chi connectivity index (χ0) is 28.4. The summed E-state index contributed by atoms with van der Waals surface area (Å²) in [5, 5.41) is 10.4. The number of rotatable bonds is 9. The number of nitrogens with zero attached hydrogens (tertiary/aromatic N) is 3. The molecule has 1 amide bonds. The van der Waals surface area contributed by atoms with Crippen molar-refractivity contribution in [1.29, 1.82) is 0 Å². The van der Waals surface area contributed by atoms with E-state index in [0.29, 0.717) is 61.6 Å². The van der Waals surface area contributed by atoms with Gasteiger partial charge in [-0.25, -0.2) is 22.2 Å². The van der Waals surface area contributed by atoms with Crippen molar-refractivity contribution in [3.63, 3.8) is 0 Å². The number of hydrogen-bond donors (Lipinski definition) is 2. The van der Waals surface area contributed by atoms with Crippen molar-refractivity contribution in [3.05, 3.63) is 23.0 Å². The Morgan fingerprint density at radius 1 is 1.21 bits per heavy atom. The van der Waals surface area contributed by atoms with Crippen LogP contribution in [0.1, 0.15) is 68.8 Å². The Hall–Kier alpha value is -2.47. The Bertz CT molecular complexity index is 1290. The number of pyridine rings is 1. The average Bonchev–Trinajstić information content (AvgIpc) is 3.24. The second kappa shape index (κ2) is 12.0. The van der Waals surface area contributed by atoms with Gasteiger partial charge in [-0.3, -0.25) is 9.48 Å². The first-order chi connectivity index (χ1) is 18.4. The van der Waals surface area contributed by atoms with Gasteiger partial charge in [0.1, 0.15) is 21.4 Å². The molecule has 0 atom stereocenters. The van der Waals surface area contributed by atoms with Gasteiger partial charge in [-0.2, -0.15) is 5.10 Å². The minimum absolute atomic E-state index is 0.0886. The molecule has 2 saturated carbocycles. The molecule has 2 aliphatic carbocycles. The third-order valence-corrected chi connectivity index (χ3v) is 9.81. The topological polar surface area (TPSA) is 115 Å². The lowest BCUT2D eigenvalue weighted by Crippen LogP contribution is -2.34. The smallest absolute Gasteiger partial charge is 0.273 e. The third-order valence-electron chi connectivity index (χ3n) is 7.77. The molecule has 2 aromatic rings. The predicted octanol–water partition coefficient (Wildman–Crippen LogP) is 4.95. The van der Waals surface area contributed by atoms with Gasteiger partial charge in [0.25, 0.3) is 5.91 Å². The molecular weight excluding hydrogens is 552 g/mol. The zero-order valence-corrected chi connectivity index (χ0v) is 24.0. The summed E-state index contributed by atoms with van der Waals surface area (Å²) in [6, 6.07) is 1.59. The lowest BCUT2D eigenvalue weighted by Gasteiger charge is -2.29. The van der Waals surface area contributed by atoms with Crippen LogP contribution in [0.3, 0.4) is 0 Å². The fourth-order valence-electron chi connectivity index (χ4n) is 5.41. The highest BCUT2D eigenvalue weighted by Crippen LogP contribution is 2.39. The van der Waals surface area contributed by atoms with Crippen LogP contribution in [0.25, 0.3) is 11.3 Å². The summed E-state index contributed by atoms with van der Waals surface area (Å²) in [4.78, 5) is 17.5. The Kier molecular flexibility index (Phi) is 9.05. The summed E-state index contributed by atoms with van der Waals surface area (Å²) in [6.45, 7) is 2.74. The number of anilines is 1. The number of sulfone groups is 1.